The van der Waals surface area contributed by atoms with Gasteiger partial charge in [0.1, 0.15) is 0 Å². The third kappa shape index (κ3) is 4.75. The van der Waals surface area contributed by atoms with Gasteiger partial charge in [-0.25, -0.2) is 4.79 Å². The Morgan fingerprint density at radius 1 is 1.42 bits per heavy atom. The molecule has 1 aliphatic heterocycles. The molecule has 0 radical (unpaired) electrons. The summed E-state index contributed by atoms with van der Waals surface area (Å²) in [6.45, 7) is 4.41. The molecule has 132 valence electrons. The first kappa shape index (κ1) is 18.4. The number of anilines is 2. The third-order valence-electron chi connectivity index (χ3n) is 3.87. The van der Waals surface area contributed by atoms with Crippen molar-refractivity contribution in [1.82, 2.24) is 4.90 Å². The number of hydrogen-bond acceptors (Lipinski definition) is 4. The fourth-order valence-corrected chi connectivity index (χ4v) is 2.64. The average Bonchev–Trinajstić information content (AvgIpc) is 2.55. The molecule has 0 saturated carbocycles. The molecule has 8 heteroatoms. The molecule has 1 unspecified atom stereocenters. The molecular weight excluding hydrogens is 334 g/mol. The number of rotatable bonds is 5. The number of carboxylic acids is 1. The first-order chi connectivity index (χ1) is 11.4. The number of halogens is 1. The van der Waals surface area contributed by atoms with Gasteiger partial charge in [0.25, 0.3) is 0 Å². The number of aliphatic carboxylic acids is 1. The van der Waals surface area contributed by atoms with E-state index in [1.54, 1.807) is 26.1 Å². The normalized spacial score (nSPS) is 15.7. The highest BCUT2D eigenvalue weighted by Gasteiger charge is 2.20. The van der Waals surface area contributed by atoms with Gasteiger partial charge < -0.3 is 25.0 Å². The SMILES string of the molecule is CC(CN(C)C(=O)Nc1cc(Cl)ccc1N1CCOCC1)C(=O)O. The maximum atomic E-state index is 12.4. The summed E-state index contributed by atoms with van der Waals surface area (Å²) < 4.78 is 5.35. The van der Waals surface area contributed by atoms with Crippen molar-refractivity contribution in [2.45, 2.75) is 6.92 Å². The number of nitrogens with one attached hydrogen (secondary N) is 1. The quantitative estimate of drug-likeness (QED) is 0.847. The molecular formula is C16H22ClN3O4. The van der Waals surface area contributed by atoms with Crippen molar-refractivity contribution in [3.63, 3.8) is 0 Å². The van der Waals surface area contributed by atoms with E-state index >= 15 is 0 Å². The highest BCUT2D eigenvalue weighted by molar-refractivity contribution is 6.31. The summed E-state index contributed by atoms with van der Waals surface area (Å²) >= 11 is 6.06. The van der Waals surface area contributed by atoms with Crippen LogP contribution in [-0.2, 0) is 9.53 Å². The zero-order chi connectivity index (χ0) is 17.7. The lowest BCUT2D eigenvalue weighted by Gasteiger charge is -2.31. The van der Waals surface area contributed by atoms with Gasteiger partial charge in [0.2, 0.25) is 0 Å². The van der Waals surface area contributed by atoms with Crippen molar-refractivity contribution in [1.29, 1.82) is 0 Å². The van der Waals surface area contributed by atoms with E-state index in [1.165, 1.54) is 4.90 Å². The Morgan fingerprint density at radius 2 is 2.08 bits per heavy atom. The highest BCUT2D eigenvalue weighted by Crippen LogP contribution is 2.30. The van der Waals surface area contributed by atoms with Crippen molar-refractivity contribution in [2.75, 3.05) is 50.1 Å². The van der Waals surface area contributed by atoms with E-state index < -0.39 is 11.9 Å². The van der Waals surface area contributed by atoms with Crippen LogP contribution in [0.15, 0.2) is 18.2 Å². The summed E-state index contributed by atoms with van der Waals surface area (Å²) in [6, 6.07) is 4.96. The Balaban J connectivity index is 2.11. The molecule has 2 N–H and O–H groups in total. The van der Waals surface area contributed by atoms with E-state index in [2.05, 4.69) is 10.2 Å². The van der Waals surface area contributed by atoms with Crippen LogP contribution >= 0.6 is 11.6 Å². The monoisotopic (exact) mass is 355 g/mol. The number of morpholine rings is 1. The van der Waals surface area contributed by atoms with Crippen molar-refractivity contribution < 1.29 is 19.4 Å². The Bertz CT molecular complexity index is 605. The molecule has 1 aliphatic rings. The van der Waals surface area contributed by atoms with Gasteiger partial charge in [0.05, 0.1) is 30.5 Å². The van der Waals surface area contributed by atoms with E-state index in [0.717, 1.165) is 18.8 Å². The molecule has 1 aromatic carbocycles. The summed E-state index contributed by atoms with van der Waals surface area (Å²) in [5.41, 5.74) is 1.47. The summed E-state index contributed by atoms with van der Waals surface area (Å²) in [5, 5.41) is 12.3. The lowest BCUT2D eigenvalue weighted by atomic mass is 10.2. The van der Waals surface area contributed by atoms with E-state index in [0.29, 0.717) is 23.9 Å². The van der Waals surface area contributed by atoms with Crippen LogP contribution in [0, 0.1) is 5.92 Å². The molecule has 1 atom stereocenters. The Hall–Kier alpha value is -1.99. The first-order valence-electron chi connectivity index (χ1n) is 7.75. The Kier molecular flexibility index (Phi) is 6.28. The van der Waals surface area contributed by atoms with E-state index in [4.69, 9.17) is 21.4 Å². The van der Waals surface area contributed by atoms with E-state index in [1.807, 2.05) is 6.07 Å². The van der Waals surface area contributed by atoms with Gasteiger partial charge in [-0.2, -0.15) is 0 Å². The Labute approximate surface area is 146 Å². The second-order valence-corrected chi connectivity index (χ2v) is 6.25. The Morgan fingerprint density at radius 3 is 2.71 bits per heavy atom. The van der Waals surface area contributed by atoms with Gasteiger partial charge in [-0.3, -0.25) is 4.79 Å². The highest BCUT2D eigenvalue weighted by atomic mass is 35.5. The molecule has 2 rings (SSSR count). The smallest absolute Gasteiger partial charge is 0.321 e. The number of ether oxygens (including phenoxy) is 1. The number of carboxylic acid groups (broad SMARTS) is 1. The molecule has 0 aliphatic carbocycles. The first-order valence-corrected chi connectivity index (χ1v) is 8.13. The predicted molar refractivity (Wildman–Crippen MR) is 92.9 cm³/mol. The van der Waals surface area contributed by atoms with Crippen molar-refractivity contribution in [3.05, 3.63) is 23.2 Å². The minimum Gasteiger partial charge on any atom is -0.481 e. The van der Waals surface area contributed by atoms with Crippen LogP contribution in [0.5, 0.6) is 0 Å². The lowest BCUT2D eigenvalue weighted by molar-refractivity contribution is -0.141. The van der Waals surface area contributed by atoms with Crippen molar-refractivity contribution in [2.24, 2.45) is 5.92 Å². The number of urea groups is 1. The molecule has 24 heavy (non-hydrogen) atoms. The second-order valence-electron chi connectivity index (χ2n) is 5.81. The number of hydrogen-bond donors (Lipinski definition) is 2. The van der Waals surface area contributed by atoms with Crippen LogP contribution in [-0.4, -0.2) is 61.9 Å². The fourth-order valence-electron chi connectivity index (χ4n) is 2.47. The van der Waals surface area contributed by atoms with Gasteiger partial charge >= 0.3 is 12.0 Å². The molecule has 1 aromatic rings. The third-order valence-corrected chi connectivity index (χ3v) is 4.10. The van der Waals surface area contributed by atoms with Gasteiger partial charge in [-0.1, -0.05) is 18.5 Å². The number of nitrogens with zero attached hydrogens (tertiary/aromatic N) is 2. The lowest BCUT2D eigenvalue weighted by Crippen LogP contribution is -2.39. The molecule has 1 fully saturated rings. The minimum absolute atomic E-state index is 0.120. The summed E-state index contributed by atoms with van der Waals surface area (Å²) in [6.07, 6.45) is 0. The number of benzene rings is 1. The van der Waals surface area contributed by atoms with Crippen molar-refractivity contribution >= 4 is 35.0 Å². The zero-order valence-corrected chi connectivity index (χ0v) is 14.5. The molecule has 0 spiro atoms. The van der Waals surface area contributed by atoms with Crippen LogP contribution in [0.25, 0.3) is 0 Å². The molecule has 0 aromatic heterocycles. The molecule has 2 amide bonds. The van der Waals surface area contributed by atoms with Crippen LogP contribution in [0.3, 0.4) is 0 Å². The molecule has 1 heterocycles. The van der Waals surface area contributed by atoms with Crippen LogP contribution in [0.2, 0.25) is 5.02 Å². The molecule has 7 nitrogen and oxygen atoms in total. The number of carbonyl (C=O) groups excluding carboxylic acids is 1. The maximum absolute atomic E-state index is 12.4. The predicted octanol–water partition coefficient (Wildman–Crippen LogP) is 2.36. The van der Waals surface area contributed by atoms with Gasteiger partial charge in [-0.05, 0) is 18.2 Å². The molecule has 1 saturated heterocycles. The standard InChI is InChI=1S/C16H22ClN3O4/c1-11(15(21)22)10-19(2)16(23)18-13-9-12(17)3-4-14(13)20-5-7-24-8-6-20/h3-4,9,11H,5-8,10H2,1-2H3,(H,18,23)(H,21,22). The largest absolute Gasteiger partial charge is 0.481 e. The summed E-state index contributed by atoms with van der Waals surface area (Å²) in [4.78, 5) is 26.7. The minimum atomic E-state index is -0.939. The average molecular weight is 356 g/mol. The zero-order valence-electron chi connectivity index (χ0n) is 13.8. The molecule has 0 bridgehead atoms. The van der Waals surface area contributed by atoms with Gasteiger partial charge in [-0.15, -0.1) is 0 Å². The van der Waals surface area contributed by atoms with Gasteiger partial charge in [0.15, 0.2) is 0 Å². The maximum Gasteiger partial charge on any atom is 0.321 e. The van der Waals surface area contributed by atoms with Crippen LogP contribution < -0.4 is 10.2 Å². The van der Waals surface area contributed by atoms with Gasteiger partial charge in [0, 0.05) is 31.7 Å². The summed E-state index contributed by atoms with van der Waals surface area (Å²) in [7, 11) is 1.56. The van der Waals surface area contributed by atoms with Crippen LogP contribution in [0.1, 0.15) is 6.92 Å². The number of amides is 2. The van der Waals surface area contributed by atoms with Crippen molar-refractivity contribution in [3.8, 4) is 0 Å². The topological polar surface area (TPSA) is 82.1 Å². The summed E-state index contributed by atoms with van der Waals surface area (Å²) in [5.74, 6) is -1.58. The van der Waals surface area contributed by atoms with Crippen LogP contribution in [0.4, 0.5) is 16.2 Å². The van der Waals surface area contributed by atoms with E-state index in [9.17, 15) is 9.59 Å². The second kappa shape index (κ2) is 8.21. The fraction of sp³-hybridized carbons (Fsp3) is 0.500. The van der Waals surface area contributed by atoms with E-state index in [-0.39, 0.29) is 12.6 Å². The number of carbonyl (C=O) groups is 2.